The van der Waals surface area contributed by atoms with Gasteiger partial charge in [-0.15, -0.1) is 23.1 Å². The zero-order valence-corrected chi connectivity index (χ0v) is 18.6. The number of nitrogens with zero attached hydrogens (tertiary/aromatic N) is 3. The summed E-state index contributed by atoms with van der Waals surface area (Å²) in [4.78, 5) is 25.4. The van der Waals surface area contributed by atoms with Crippen LogP contribution >= 0.6 is 23.1 Å². The fourth-order valence-corrected chi connectivity index (χ4v) is 5.73. The van der Waals surface area contributed by atoms with Crippen molar-refractivity contribution in [3.8, 4) is 0 Å². The first-order valence-corrected chi connectivity index (χ1v) is 11.9. The topological polar surface area (TPSA) is 140 Å². The van der Waals surface area contributed by atoms with Crippen LogP contribution in [0.25, 0.3) is 0 Å². The molecule has 0 saturated heterocycles. The van der Waals surface area contributed by atoms with Crippen LogP contribution < -0.4 is 16.8 Å². The van der Waals surface area contributed by atoms with Gasteiger partial charge in [-0.25, -0.2) is 0 Å². The third-order valence-electron chi connectivity index (χ3n) is 4.93. The second-order valence-corrected chi connectivity index (χ2v) is 9.19. The summed E-state index contributed by atoms with van der Waals surface area (Å²) in [5, 5.41) is 15.6. The monoisotopic (exact) mass is 448 g/mol. The molecule has 3 rings (SSSR count). The molecular weight excluding hydrogens is 420 g/mol. The number of carbonyl (C=O) groups excluding carboxylic acids is 1. The molecule has 8 nitrogen and oxygen atoms in total. The lowest BCUT2D eigenvalue weighted by Crippen LogP contribution is -2.23. The van der Waals surface area contributed by atoms with Crippen molar-refractivity contribution in [3.63, 3.8) is 0 Å². The van der Waals surface area contributed by atoms with Gasteiger partial charge in [0, 0.05) is 30.7 Å². The number of nitrogen functional groups attached to an aromatic ring is 1. The van der Waals surface area contributed by atoms with E-state index in [0.29, 0.717) is 39.0 Å². The Balaban J connectivity index is 1.76. The van der Waals surface area contributed by atoms with Crippen LogP contribution in [0.4, 0.5) is 10.7 Å². The SMILES string of the molecule is CCN=C(SCC(O)c1sc(NC2CCCCC2)c(C(N)=O)c1N)c1cnccn1. The first-order valence-electron chi connectivity index (χ1n) is 10.1. The molecule has 0 spiro atoms. The van der Waals surface area contributed by atoms with Gasteiger partial charge < -0.3 is 21.9 Å². The lowest BCUT2D eigenvalue weighted by atomic mass is 9.95. The van der Waals surface area contributed by atoms with Crippen molar-refractivity contribution in [3.05, 3.63) is 34.7 Å². The predicted octanol–water partition coefficient (Wildman–Crippen LogP) is 3.20. The molecule has 1 aliphatic rings. The molecule has 30 heavy (non-hydrogen) atoms. The lowest BCUT2D eigenvalue weighted by molar-refractivity contribution is 0.100. The maximum Gasteiger partial charge on any atom is 0.253 e. The Bertz CT molecular complexity index is 881. The van der Waals surface area contributed by atoms with E-state index in [2.05, 4.69) is 20.3 Å². The third kappa shape index (κ3) is 5.50. The van der Waals surface area contributed by atoms with Gasteiger partial charge in [-0.3, -0.25) is 19.8 Å². The van der Waals surface area contributed by atoms with Crippen LogP contribution in [0, 0.1) is 0 Å². The molecule has 1 fully saturated rings. The van der Waals surface area contributed by atoms with Gasteiger partial charge in [-0.1, -0.05) is 19.3 Å². The van der Waals surface area contributed by atoms with Crippen LogP contribution in [0.1, 0.15) is 66.1 Å². The minimum atomic E-state index is -0.862. The minimum absolute atomic E-state index is 0.257. The Morgan fingerprint density at radius 2 is 2.17 bits per heavy atom. The highest BCUT2D eigenvalue weighted by atomic mass is 32.2. The lowest BCUT2D eigenvalue weighted by Gasteiger charge is -2.23. The van der Waals surface area contributed by atoms with E-state index >= 15 is 0 Å². The van der Waals surface area contributed by atoms with E-state index in [1.54, 1.807) is 18.6 Å². The van der Waals surface area contributed by atoms with Gasteiger partial charge in [0.2, 0.25) is 0 Å². The van der Waals surface area contributed by atoms with Crippen molar-refractivity contribution >= 4 is 44.7 Å². The zero-order chi connectivity index (χ0) is 21.5. The van der Waals surface area contributed by atoms with E-state index in [0.717, 1.165) is 12.8 Å². The van der Waals surface area contributed by atoms with Crippen LogP contribution in [0.15, 0.2) is 23.6 Å². The molecule has 6 N–H and O–H groups in total. The molecule has 0 bridgehead atoms. The van der Waals surface area contributed by atoms with Gasteiger partial charge in [0.15, 0.2) is 0 Å². The van der Waals surface area contributed by atoms with Crippen LogP contribution in [0.2, 0.25) is 0 Å². The predicted molar refractivity (Wildman–Crippen MR) is 124 cm³/mol. The van der Waals surface area contributed by atoms with Crippen molar-refractivity contribution in [1.29, 1.82) is 0 Å². The first kappa shape index (κ1) is 22.5. The third-order valence-corrected chi connectivity index (χ3v) is 7.26. The Kier molecular flexibility index (Phi) is 8.06. The van der Waals surface area contributed by atoms with E-state index in [9.17, 15) is 9.90 Å². The summed E-state index contributed by atoms with van der Waals surface area (Å²) >= 11 is 2.69. The number of hydrogen-bond acceptors (Lipinski definition) is 9. The molecule has 0 aliphatic heterocycles. The largest absolute Gasteiger partial charge is 0.397 e. The zero-order valence-electron chi connectivity index (χ0n) is 17.0. The van der Waals surface area contributed by atoms with Crippen molar-refractivity contribution in [2.45, 2.75) is 51.2 Å². The Morgan fingerprint density at radius 1 is 1.40 bits per heavy atom. The number of aliphatic hydroxyl groups is 1. The standard InChI is InChI=1S/C20H28N6O2S2/c1-2-24-19(13-10-23-8-9-25-13)29-11-14(27)17-16(21)15(18(22)28)20(30-17)26-12-6-4-3-5-7-12/h8-10,12,14,26-27H,2-7,11,21H2,1H3,(H2,22,28). The smallest absolute Gasteiger partial charge is 0.253 e. The number of aliphatic imine (C=N–C) groups is 1. The molecule has 1 unspecified atom stereocenters. The highest BCUT2D eigenvalue weighted by molar-refractivity contribution is 8.14. The Labute approximate surface area is 184 Å². The summed E-state index contributed by atoms with van der Waals surface area (Å²) in [6.07, 6.45) is 9.67. The second-order valence-electron chi connectivity index (χ2n) is 7.12. The van der Waals surface area contributed by atoms with Gasteiger partial charge in [-0.05, 0) is 19.8 Å². The van der Waals surface area contributed by atoms with Crippen molar-refractivity contribution in [2.24, 2.45) is 10.7 Å². The number of amides is 1. The number of nitrogens with one attached hydrogen (secondary N) is 1. The van der Waals surface area contributed by atoms with Gasteiger partial charge >= 0.3 is 0 Å². The molecule has 0 aromatic carbocycles. The minimum Gasteiger partial charge on any atom is -0.397 e. The van der Waals surface area contributed by atoms with E-state index in [-0.39, 0.29) is 11.3 Å². The summed E-state index contributed by atoms with van der Waals surface area (Å²) < 4.78 is 0. The van der Waals surface area contributed by atoms with Gasteiger partial charge in [-0.2, -0.15) is 0 Å². The van der Waals surface area contributed by atoms with Crippen molar-refractivity contribution in [1.82, 2.24) is 9.97 Å². The molecule has 10 heteroatoms. The number of aromatic nitrogens is 2. The molecule has 1 amide bonds. The van der Waals surface area contributed by atoms with E-state index < -0.39 is 12.0 Å². The van der Waals surface area contributed by atoms with E-state index in [1.165, 1.54) is 42.4 Å². The summed E-state index contributed by atoms with van der Waals surface area (Å²) in [6, 6.07) is 0.300. The van der Waals surface area contributed by atoms with Crippen molar-refractivity contribution in [2.75, 3.05) is 23.3 Å². The molecule has 0 radical (unpaired) electrons. The number of primary amides is 1. The number of carbonyl (C=O) groups is 1. The van der Waals surface area contributed by atoms with Gasteiger partial charge in [0.1, 0.15) is 15.7 Å². The second kappa shape index (κ2) is 10.7. The quantitative estimate of drug-likeness (QED) is 0.359. The maximum atomic E-state index is 12.0. The number of thioether (sulfide) groups is 1. The summed E-state index contributed by atoms with van der Waals surface area (Å²) in [5.74, 6) is -0.262. The number of aliphatic hydroxyl groups excluding tert-OH is 1. The van der Waals surface area contributed by atoms with Crippen LogP contribution in [0.5, 0.6) is 0 Å². The van der Waals surface area contributed by atoms with Crippen LogP contribution in [-0.2, 0) is 0 Å². The summed E-state index contributed by atoms with van der Waals surface area (Å²) in [5.41, 5.74) is 13.0. The first-order chi connectivity index (χ1) is 14.5. The average Bonchev–Trinajstić information content (AvgIpc) is 3.08. The Morgan fingerprint density at radius 3 is 2.80 bits per heavy atom. The molecule has 1 aliphatic carbocycles. The molecule has 2 aromatic rings. The highest BCUT2D eigenvalue weighted by Gasteiger charge is 2.26. The molecular formula is C20H28N6O2S2. The van der Waals surface area contributed by atoms with E-state index in [1.807, 2.05) is 6.92 Å². The number of hydrogen-bond donors (Lipinski definition) is 4. The highest BCUT2D eigenvalue weighted by Crippen LogP contribution is 2.41. The van der Waals surface area contributed by atoms with Crippen LogP contribution in [0.3, 0.4) is 0 Å². The fraction of sp³-hybridized carbons (Fsp3) is 0.500. The molecule has 1 atom stereocenters. The number of thiophene rings is 1. The fourth-order valence-electron chi connectivity index (χ4n) is 3.47. The molecule has 2 heterocycles. The average molecular weight is 449 g/mol. The van der Waals surface area contributed by atoms with Crippen LogP contribution in [-0.4, -0.2) is 44.4 Å². The summed E-state index contributed by atoms with van der Waals surface area (Å²) in [6.45, 7) is 2.53. The maximum absolute atomic E-state index is 12.0. The Hall–Kier alpha value is -2.17. The number of nitrogens with two attached hydrogens (primary N) is 2. The molecule has 162 valence electrons. The number of anilines is 2. The van der Waals surface area contributed by atoms with Gasteiger partial charge in [0.05, 0.1) is 28.4 Å². The van der Waals surface area contributed by atoms with Gasteiger partial charge in [0.25, 0.3) is 5.91 Å². The summed E-state index contributed by atoms with van der Waals surface area (Å²) in [7, 11) is 0. The van der Waals surface area contributed by atoms with E-state index in [4.69, 9.17) is 11.5 Å². The number of rotatable bonds is 8. The normalized spacial score (nSPS) is 16.4. The molecule has 2 aromatic heterocycles. The van der Waals surface area contributed by atoms with Crippen molar-refractivity contribution < 1.29 is 9.90 Å². The molecule has 1 saturated carbocycles.